The van der Waals surface area contributed by atoms with Crippen LogP contribution in [0.4, 0.5) is 0 Å². The minimum absolute atomic E-state index is 0.0322. The lowest BCUT2D eigenvalue weighted by Crippen LogP contribution is -2.31. The van der Waals surface area contributed by atoms with Gasteiger partial charge in [0.15, 0.2) is 0 Å². The molecule has 0 aliphatic rings. The van der Waals surface area contributed by atoms with Crippen molar-refractivity contribution in [3.63, 3.8) is 0 Å². The molecule has 2 aromatic rings. The Labute approximate surface area is 108 Å². The third kappa shape index (κ3) is 2.34. The van der Waals surface area contributed by atoms with Crippen molar-refractivity contribution < 1.29 is 4.42 Å². The molecule has 0 aromatic carbocycles. The quantitative estimate of drug-likeness (QED) is 0.883. The largest absolute Gasteiger partial charge is 0.467 e. The van der Waals surface area contributed by atoms with Crippen molar-refractivity contribution in [2.45, 2.75) is 45.7 Å². The van der Waals surface area contributed by atoms with E-state index in [1.807, 2.05) is 23.7 Å². The van der Waals surface area contributed by atoms with E-state index < -0.39 is 0 Å². The molecular formula is C14H21N3O. The highest BCUT2D eigenvalue weighted by Gasteiger charge is 2.24. The third-order valence-corrected chi connectivity index (χ3v) is 3.18. The zero-order valence-electron chi connectivity index (χ0n) is 11.3. The standard InChI is InChI=1S/C14H21N3O/c1-4-11-9-12(5-2)17(16-11)14(10(3)15)13-7-6-8-18-13/h6-10,14H,4-5,15H2,1-3H3. The smallest absolute Gasteiger partial charge is 0.129 e. The Morgan fingerprint density at radius 2 is 2.17 bits per heavy atom. The molecule has 0 saturated carbocycles. The number of hydrogen-bond donors (Lipinski definition) is 1. The summed E-state index contributed by atoms with van der Waals surface area (Å²) >= 11 is 0. The second kappa shape index (κ2) is 5.40. The monoisotopic (exact) mass is 247 g/mol. The molecule has 2 aromatic heterocycles. The van der Waals surface area contributed by atoms with Gasteiger partial charge < -0.3 is 10.2 Å². The average Bonchev–Trinajstić information content (AvgIpc) is 2.98. The molecule has 0 aliphatic carbocycles. The first-order valence-corrected chi connectivity index (χ1v) is 6.53. The fourth-order valence-electron chi connectivity index (χ4n) is 2.23. The van der Waals surface area contributed by atoms with Crippen LogP contribution in [0.1, 0.15) is 44.0 Å². The van der Waals surface area contributed by atoms with E-state index in [4.69, 9.17) is 10.2 Å². The predicted octanol–water partition coefficient (Wildman–Crippen LogP) is 2.54. The van der Waals surface area contributed by atoms with E-state index in [9.17, 15) is 0 Å². The highest BCUT2D eigenvalue weighted by Crippen LogP contribution is 2.24. The first-order valence-electron chi connectivity index (χ1n) is 6.53. The summed E-state index contributed by atoms with van der Waals surface area (Å²) in [6, 6.07) is 5.92. The summed E-state index contributed by atoms with van der Waals surface area (Å²) in [5, 5.41) is 4.65. The normalized spacial score (nSPS) is 14.7. The number of aromatic nitrogens is 2. The van der Waals surface area contributed by atoms with E-state index in [1.54, 1.807) is 6.26 Å². The number of nitrogens with zero attached hydrogens (tertiary/aromatic N) is 2. The van der Waals surface area contributed by atoms with E-state index in [2.05, 4.69) is 25.0 Å². The van der Waals surface area contributed by atoms with Gasteiger partial charge in [-0.2, -0.15) is 5.10 Å². The van der Waals surface area contributed by atoms with Crippen molar-refractivity contribution in [2.24, 2.45) is 5.73 Å². The first kappa shape index (κ1) is 12.9. The Kier molecular flexibility index (Phi) is 3.87. The summed E-state index contributed by atoms with van der Waals surface area (Å²) in [5.74, 6) is 0.866. The lowest BCUT2D eigenvalue weighted by Gasteiger charge is -2.21. The zero-order chi connectivity index (χ0) is 13.1. The highest BCUT2D eigenvalue weighted by atomic mass is 16.3. The number of nitrogens with two attached hydrogens (primary N) is 1. The van der Waals surface area contributed by atoms with Gasteiger partial charge in [0.05, 0.1) is 12.0 Å². The summed E-state index contributed by atoms with van der Waals surface area (Å²) in [6.45, 7) is 6.23. The Bertz CT molecular complexity index is 485. The Balaban J connectivity index is 2.45. The Hall–Kier alpha value is -1.55. The molecule has 0 spiro atoms. The molecule has 4 heteroatoms. The molecule has 2 atom stereocenters. The molecule has 2 N–H and O–H groups in total. The van der Waals surface area contributed by atoms with Crippen LogP contribution < -0.4 is 5.73 Å². The Morgan fingerprint density at radius 1 is 1.39 bits per heavy atom. The van der Waals surface area contributed by atoms with Gasteiger partial charge in [-0.05, 0) is 38.0 Å². The van der Waals surface area contributed by atoms with Crippen LogP contribution in [-0.2, 0) is 12.8 Å². The molecule has 4 nitrogen and oxygen atoms in total. The molecule has 0 amide bonds. The van der Waals surface area contributed by atoms with Gasteiger partial charge in [-0.3, -0.25) is 4.68 Å². The van der Waals surface area contributed by atoms with Crippen molar-refractivity contribution >= 4 is 0 Å². The van der Waals surface area contributed by atoms with Gasteiger partial charge in [-0.1, -0.05) is 13.8 Å². The number of furan rings is 1. The second-order valence-electron chi connectivity index (χ2n) is 4.60. The lowest BCUT2D eigenvalue weighted by atomic mass is 10.1. The maximum Gasteiger partial charge on any atom is 0.129 e. The zero-order valence-corrected chi connectivity index (χ0v) is 11.3. The minimum Gasteiger partial charge on any atom is -0.467 e. The van der Waals surface area contributed by atoms with Crippen LogP contribution in [0.15, 0.2) is 28.9 Å². The van der Waals surface area contributed by atoms with E-state index in [-0.39, 0.29) is 12.1 Å². The van der Waals surface area contributed by atoms with Gasteiger partial charge in [-0.25, -0.2) is 0 Å². The molecule has 98 valence electrons. The van der Waals surface area contributed by atoms with Gasteiger partial charge in [-0.15, -0.1) is 0 Å². The summed E-state index contributed by atoms with van der Waals surface area (Å²) in [6.07, 6.45) is 3.56. The van der Waals surface area contributed by atoms with Crippen LogP contribution in [-0.4, -0.2) is 15.8 Å². The van der Waals surface area contributed by atoms with Crippen LogP contribution >= 0.6 is 0 Å². The van der Waals surface area contributed by atoms with E-state index in [0.717, 1.165) is 24.3 Å². The van der Waals surface area contributed by atoms with Crippen LogP contribution in [0, 0.1) is 0 Å². The fourth-order valence-corrected chi connectivity index (χ4v) is 2.23. The first-order chi connectivity index (χ1) is 8.67. The van der Waals surface area contributed by atoms with E-state index >= 15 is 0 Å². The number of aryl methyl sites for hydroxylation is 2. The van der Waals surface area contributed by atoms with Crippen molar-refractivity contribution in [1.82, 2.24) is 9.78 Å². The molecule has 18 heavy (non-hydrogen) atoms. The van der Waals surface area contributed by atoms with Crippen LogP contribution in [0.5, 0.6) is 0 Å². The van der Waals surface area contributed by atoms with Crippen molar-refractivity contribution in [3.05, 3.63) is 41.6 Å². The predicted molar refractivity (Wildman–Crippen MR) is 71.5 cm³/mol. The maximum atomic E-state index is 6.11. The molecule has 0 aliphatic heterocycles. The van der Waals surface area contributed by atoms with Gasteiger partial charge in [0.1, 0.15) is 11.8 Å². The Morgan fingerprint density at radius 3 is 2.67 bits per heavy atom. The molecule has 0 saturated heterocycles. The molecule has 2 rings (SSSR count). The second-order valence-corrected chi connectivity index (χ2v) is 4.60. The lowest BCUT2D eigenvalue weighted by molar-refractivity contribution is 0.360. The van der Waals surface area contributed by atoms with Gasteiger partial charge in [0, 0.05) is 11.7 Å². The summed E-state index contributed by atoms with van der Waals surface area (Å²) in [4.78, 5) is 0. The minimum atomic E-state index is -0.0499. The van der Waals surface area contributed by atoms with Crippen molar-refractivity contribution in [1.29, 1.82) is 0 Å². The SMILES string of the molecule is CCc1cc(CC)n(C(c2ccco2)C(C)N)n1. The number of rotatable bonds is 5. The molecule has 0 bridgehead atoms. The summed E-state index contributed by atoms with van der Waals surface area (Å²) in [7, 11) is 0. The molecular weight excluding hydrogens is 226 g/mol. The van der Waals surface area contributed by atoms with Crippen molar-refractivity contribution in [3.8, 4) is 0 Å². The fraction of sp³-hybridized carbons (Fsp3) is 0.500. The van der Waals surface area contributed by atoms with E-state index in [0.29, 0.717) is 0 Å². The molecule has 2 unspecified atom stereocenters. The van der Waals surface area contributed by atoms with Gasteiger partial charge >= 0.3 is 0 Å². The van der Waals surface area contributed by atoms with Crippen LogP contribution in [0.2, 0.25) is 0 Å². The van der Waals surface area contributed by atoms with Crippen molar-refractivity contribution in [2.75, 3.05) is 0 Å². The van der Waals surface area contributed by atoms with Gasteiger partial charge in [0.25, 0.3) is 0 Å². The van der Waals surface area contributed by atoms with Gasteiger partial charge in [0.2, 0.25) is 0 Å². The van der Waals surface area contributed by atoms with Crippen LogP contribution in [0.25, 0.3) is 0 Å². The average molecular weight is 247 g/mol. The topological polar surface area (TPSA) is 57.0 Å². The summed E-state index contributed by atoms with van der Waals surface area (Å²) in [5.41, 5.74) is 8.41. The molecule has 2 heterocycles. The maximum absolute atomic E-state index is 6.11. The highest BCUT2D eigenvalue weighted by molar-refractivity contribution is 5.16. The molecule has 0 fully saturated rings. The van der Waals surface area contributed by atoms with Crippen LogP contribution in [0.3, 0.4) is 0 Å². The number of hydrogen-bond acceptors (Lipinski definition) is 3. The third-order valence-electron chi connectivity index (χ3n) is 3.18. The van der Waals surface area contributed by atoms with E-state index in [1.165, 1.54) is 5.69 Å². The summed E-state index contributed by atoms with van der Waals surface area (Å²) < 4.78 is 7.53. The molecule has 0 radical (unpaired) electrons.